The molecule has 2 rings (SSSR count). The Labute approximate surface area is 154 Å². The quantitative estimate of drug-likeness (QED) is 0.436. The monoisotopic (exact) mass is 438 g/mol. The number of hydrogen-bond donors (Lipinski definition) is 1. The zero-order valence-electron chi connectivity index (χ0n) is 13.9. The van der Waals surface area contributed by atoms with Crippen LogP contribution in [0.5, 0.6) is 0 Å². The lowest BCUT2D eigenvalue weighted by atomic mass is 10.1. The second-order valence-corrected chi connectivity index (χ2v) is 6.81. The maximum Gasteiger partial charge on any atom is 0.193 e. The molecule has 2 heterocycles. The lowest BCUT2D eigenvalue weighted by molar-refractivity contribution is 0.157. The van der Waals surface area contributed by atoms with Gasteiger partial charge in [-0.05, 0) is 20.3 Å². The highest BCUT2D eigenvalue weighted by Gasteiger charge is 2.24. The Morgan fingerprint density at radius 2 is 2.27 bits per heavy atom. The molecule has 0 spiro atoms. The van der Waals surface area contributed by atoms with Crippen molar-refractivity contribution in [2.75, 3.05) is 40.4 Å². The van der Waals surface area contributed by atoms with Crippen molar-refractivity contribution in [2.45, 2.75) is 26.7 Å². The summed E-state index contributed by atoms with van der Waals surface area (Å²) in [5, 5.41) is 4.62. The zero-order valence-corrected chi connectivity index (χ0v) is 17.0. The molecule has 1 aliphatic heterocycles. The maximum absolute atomic E-state index is 5.25. The summed E-state index contributed by atoms with van der Waals surface area (Å²) in [5.41, 5.74) is 1.16. The van der Waals surface area contributed by atoms with Gasteiger partial charge in [0, 0.05) is 51.0 Å². The van der Waals surface area contributed by atoms with Crippen molar-refractivity contribution in [2.24, 2.45) is 10.9 Å². The molecular formula is C15H27IN4OS. The fourth-order valence-electron chi connectivity index (χ4n) is 2.82. The van der Waals surface area contributed by atoms with Gasteiger partial charge < -0.3 is 15.0 Å². The van der Waals surface area contributed by atoms with Crippen molar-refractivity contribution in [3.8, 4) is 0 Å². The fraction of sp³-hybridized carbons (Fsp3) is 0.733. The summed E-state index contributed by atoms with van der Waals surface area (Å²) in [6, 6.07) is 0. The highest BCUT2D eigenvalue weighted by molar-refractivity contribution is 14.0. The standard InChI is InChI=1S/C15H26N4OS.HI/c1-11-14(21-12(2)18-11)5-7-17-15(16-3)19-8-6-13(9-19)10-20-4;/h13H,5-10H2,1-4H3,(H,16,17);1H. The van der Waals surface area contributed by atoms with Crippen LogP contribution in [0, 0.1) is 19.8 Å². The molecule has 0 amide bonds. The van der Waals surface area contributed by atoms with Crippen LogP contribution >= 0.6 is 35.3 Å². The van der Waals surface area contributed by atoms with Crippen LogP contribution in [0.25, 0.3) is 0 Å². The average Bonchev–Trinajstić information content (AvgIpc) is 3.02. The third-order valence-corrected chi connectivity index (χ3v) is 4.97. The molecule has 1 aliphatic rings. The molecule has 1 aromatic heterocycles. The molecule has 0 bridgehead atoms. The highest BCUT2D eigenvalue weighted by atomic mass is 127. The second-order valence-electron chi connectivity index (χ2n) is 5.52. The number of halogens is 1. The van der Waals surface area contributed by atoms with Crippen LogP contribution in [-0.4, -0.2) is 56.2 Å². The maximum atomic E-state index is 5.25. The first-order chi connectivity index (χ1) is 10.1. The van der Waals surface area contributed by atoms with Crippen LogP contribution < -0.4 is 5.32 Å². The van der Waals surface area contributed by atoms with E-state index in [0.717, 1.165) is 49.3 Å². The SMILES string of the molecule is CN=C(NCCc1sc(C)nc1C)N1CCC(COC)C1.I. The van der Waals surface area contributed by atoms with Crippen molar-refractivity contribution < 1.29 is 4.74 Å². The first kappa shape index (κ1) is 19.6. The van der Waals surface area contributed by atoms with Gasteiger partial charge in [0.1, 0.15) is 0 Å². The summed E-state index contributed by atoms with van der Waals surface area (Å²) < 4.78 is 5.25. The van der Waals surface area contributed by atoms with E-state index >= 15 is 0 Å². The van der Waals surface area contributed by atoms with Crippen LogP contribution in [0.15, 0.2) is 4.99 Å². The van der Waals surface area contributed by atoms with Gasteiger partial charge in [0.05, 0.1) is 17.3 Å². The average molecular weight is 438 g/mol. The predicted molar refractivity (Wildman–Crippen MR) is 104 cm³/mol. The molecule has 1 unspecified atom stereocenters. The fourth-order valence-corrected chi connectivity index (χ4v) is 3.76. The lowest BCUT2D eigenvalue weighted by Gasteiger charge is -2.21. The van der Waals surface area contributed by atoms with Crippen LogP contribution in [0.4, 0.5) is 0 Å². The van der Waals surface area contributed by atoms with Gasteiger partial charge >= 0.3 is 0 Å². The third kappa shape index (κ3) is 5.34. The molecule has 0 aliphatic carbocycles. The minimum absolute atomic E-state index is 0. The number of methoxy groups -OCH3 is 1. The van der Waals surface area contributed by atoms with Crippen LogP contribution in [0.2, 0.25) is 0 Å². The van der Waals surface area contributed by atoms with E-state index in [9.17, 15) is 0 Å². The molecule has 1 atom stereocenters. The minimum Gasteiger partial charge on any atom is -0.384 e. The number of thiazole rings is 1. The number of aryl methyl sites for hydroxylation is 2. The molecule has 126 valence electrons. The molecule has 1 saturated heterocycles. The van der Waals surface area contributed by atoms with E-state index in [4.69, 9.17) is 4.74 Å². The molecule has 5 nitrogen and oxygen atoms in total. The summed E-state index contributed by atoms with van der Waals surface area (Å²) >= 11 is 1.79. The molecule has 0 saturated carbocycles. The first-order valence-electron chi connectivity index (χ1n) is 7.51. The van der Waals surface area contributed by atoms with E-state index < -0.39 is 0 Å². The van der Waals surface area contributed by atoms with Crippen molar-refractivity contribution in [1.29, 1.82) is 0 Å². The van der Waals surface area contributed by atoms with E-state index in [-0.39, 0.29) is 24.0 Å². The summed E-state index contributed by atoms with van der Waals surface area (Å²) in [4.78, 5) is 12.6. The summed E-state index contributed by atoms with van der Waals surface area (Å²) in [5.74, 6) is 1.63. The van der Waals surface area contributed by atoms with Gasteiger partial charge in [-0.25, -0.2) is 4.98 Å². The molecule has 0 radical (unpaired) electrons. The molecule has 22 heavy (non-hydrogen) atoms. The highest BCUT2D eigenvalue weighted by Crippen LogP contribution is 2.18. The minimum atomic E-state index is 0. The number of ether oxygens (including phenoxy) is 1. The first-order valence-corrected chi connectivity index (χ1v) is 8.33. The summed E-state index contributed by atoms with van der Waals surface area (Å²) in [6.07, 6.45) is 2.19. The molecule has 1 fully saturated rings. The topological polar surface area (TPSA) is 49.8 Å². The van der Waals surface area contributed by atoms with Gasteiger partial charge in [-0.1, -0.05) is 0 Å². The number of likely N-dealkylation sites (tertiary alicyclic amines) is 1. The Hall–Kier alpha value is -0.410. The van der Waals surface area contributed by atoms with Crippen LogP contribution in [0.3, 0.4) is 0 Å². The Kier molecular flexibility index (Phi) is 8.63. The Morgan fingerprint density at radius 3 is 2.86 bits per heavy atom. The largest absolute Gasteiger partial charge is 0.384 e. The molecule has 7 heteroatoms. The summed E-state index contributed by atoms with van der Waals surface area (Å²) in [7, 11) is 3.63. The molecular weight excluding hydrogens is 411 g/mol. The van der Waals surface area contributed by atoms with Crippen molar-refractivity contribution in [3.63, 3.8) is 0 Å². The number of hydrogen-bond acceptors (Lipinski definition) is 4. The number of nitrogens with one attached hydrogen (secondary N) is 1. The van der Waals surface area contributed by atoms with Crippen LogP contribution in [0.1, 0.15) is 22.0 Å². The Morgan fingerprint density at radius 1 is 1.50 bits per heavy atom. The normalized spacial score (nSPS) is 18.5. The second kappa shape index (κ2) is 9.67. The van der Waals surface area contributed by atoms with Crippen molar-refractivity contribution in [1.82, 2.24) is 15.2 Å². The number of aliphatic imine (C=N–C) groups is 1. The van der Waals surface area contributed by atoms with E-state index in [1.54, 1.807) is 18.4 Å². The van der Waals surface area contributed by atoms with E-state index in [2.05, 4.69) is 34.0 Å². The number of aromatic nitrogens is 1. The van der Waals surface area contributed by atoms with Gasteiger partial charge in [0.25, 0.3) is 0 Å². The Bertz CT molecular complexity index is 492. The number of nitrogens with zero attached hydrogens (tertiary/aromatic N) is 3. The summed E-state index contributed by atoms with van der Waals surface area (Å²) in [6.45, 7) is 7.99. The van der Waals surface area contributed by atoms with Gasteiger partial charge in [-0.2, -0.15) is 0 Å². The van der Waals surface area contributed by atoms with Gasteiger partial charge in [0.2, 0.25) is 0 Å². The molecule has 0 aromatic carbocycles. The van der Waals surface area contributed by atoms with E-state index in [0.29, 0.717) is 5.92 Å². The van der Waals surface area contributed by atoms with Gasteiger partial charge in [-0.15, -0.1) is 35.3 Å². The predicted octanol–water partition coefficient (Wildman–Crippen LogP) is 2.46. The van der Waals surface area contributed by atoms with Gasteiger partial charge in [0.15, 0.2) is 5.96 Å². The van der Waals surface area contributed by atoms with E-state index in [1.807, 2.05) is 7.05 Å². The lowest BCUT2D eigenvalue weighted by Crippen LogP contribution is -2.41. The zero-order chi connectivity index (χ0) is 15.2. The number of rotatable bonds is 5. The van der Waals surface area contributed by atoms with Crippen molar-refractivity contribution in [3.05, 3.63) is 15.6 Å². The van der Waals surface area contributed by atoms with E-state index in [1.165, 1.54) is 11.3 Å². The van der Waals surface area contributed by atoms with Crippen LogP contribution in [-0.2, 0) is 11.2 Å². The Balaban J connectivity index is 0.00000242. The molecule has 1 aromatic rings. The van der Waals surface area contributed by atoms with Crippen molar-refractivity contribution >= 4 is 41.3 Å². The number of guanidine groups is 1. The third-order valence-electron chi connectivity index (χ3n) is 3.83. The smallest absolute Gasteiger partial charge is 0.193 e. The van der Waals surface area contributed by atoms with Gasteiger partial charge in [-0.3, -0.25) is 4.99 Å². The molecule has 1 N–H and O–H groups in total.